The first kappa shape index (κ1) is 25.8. The molecule has 1 saturated carbocycles. The maximum absolute atomic E-state index is 12.4. The number of carboxylic acid groups (broad SMARTS) is 1. The maximum Gasteiger partial charge on any atom is 0.573 e. The Balaban J connectivity index is 1.47. The fourth-order valence-electron chi connectivity index (χ4n) is 3.49. The number of rotatable bonds is 9. The van der Waals surface area contributed by atoms with Crippen molar-refractivity contribution in [1.29, 1.82) is 0 Å². The molecule has 2 aromatic carbocycles. The van der Waals surface area contributed by atoms with E-state index in [-0.39, 0.29) is 5.75 Å². The minimum Gasteiger partial charge on any atom is -0.478 e. The van der Waals surface area contributed by atoms with E-state index in [1.807, 2.05) is 19.1 Å². The molecule has 36 heavy (non-hydrogen) atoms. The van der Waals surface area contributed by atoms with Gasteiger partial charge in [0.05, 0.1) is 5.69 Å². The molecule has 0 aliphatic heterocycles. The van der Waals surface area contributed by atoms with Gasteiger partial charge in [-0.2, -0.15) is 0 Å². The molecule has 1 fully saturated rings. The first-order valence-electron chi connectivity index (χ1n) is 11.3. The Morgan fingerprint density at radius 1 is 1.11 bits per heavy atom. The number of benzene rings is 2. The fraction of sp³-hybridized carbons (Fsp3) is 0.346. The molecule has 1 heterocycles. The lowest BCUT2D eigenvalue weighted by Gasteiger charge is -2.23. The molecule has 10 heteroatoms. The van der Waals surface area contributed by atoms with Gasteiger partial charge in [0.2, 0.25) is 0 Å². The summed E-state index contributed by atoms with van der Waals surface area (Å²) >= 11 is 1.61. The van der Waals surface area contributed by atoms with E-state index < -0.39 is 17.9 Å². The van der Waals surface area contributed by atoms with Crippen molar-refractivity contribution in [1.82, 2.24) is 9.97 Å². The third kappa shape index (κ3) is 6.48. The molecule has 0 amide bonds. The van der Waals surface area contributed by atoms with Gasteiger partial charge in [-0.1, -0.05) is 0 Å². The zero-order valence-corrected chi connectivity index (χ0v) is 20.7. The molecule has 190 valence electrons. The van der Waals surface area contributed by atoms with Crippen molar-refractivity contribution in [2.24, 2.45) is 0 Å². The first-order valence-corrected chi connectivity index (χ1v) is 12.3. The van der Waals surface area contributed by atoms with E-state index in [1.54, 1.807) is 24.0 Å². The Hall–Kier alpha value is -3.27. The van der Waals surface area contributed by atoms with Gasteiger partial charge >= 0.3 is 12.3 Å². The summed E-state index contributed by atoms with van der Waals surface area (Å²) in [5, 5.41) is 9.29. The van der Waals surface area contributed by atoms with Crippen molar-refractivity contribution in [3.05, 3.63) is 65.5 Å². The number of halogens is 3. The molecule has 3 aromatic rings. The molecule has 0 radical (unpaired) electrons. The van der Waals surface area contributed by atoms with Crippen molar-refractivity contribution >= 4 is 17.7 Å². The molecule has 0 bridgehead atoms. The molecular formula is C26H25F3N2O4S. The Morgan fingerprint density at radius 2 is 1.81 bits per heavy atom. The highest BCUT2D eigenvalue weighted by Gasteiger charge is 2.32. The molecule has 0 saturated heterocycles. The SMILES string of the molecule is Cc1cc(SCc2cnc(-c3ccc(OC(F)(F)F)cc3)nc2C2CC2)ccc1OC(C)(C)C(=O)O. The van der Waals surface area contributed by atoms with Gasteiger partial charge in [-0.25, -0.2) is 14.8 Å². The predicted octanol–water partition coefficient (Wildman–Crippen LogP) is 6.76. The lowest BCUT2D eigenvalue weighted by molar-refractivity contribution is -0.274. The number of aliphatic carboxylic acids is 1. The number of carbonyl (C=O) groups is 1. The number of nitrogens with zero attached hydrogens (tertiary/aromatic N) is 2. The molecule has 0 atom stereocenters. The summed E-state index contributed by atoms with van der Waals surface area (Å²) in [6.45, 7) is 4.88. The molecule has 1 aliphatic rings. The van der Waals surface area contributed by atoms with Crippen LogP contribution in [0.5, 0.6) is 11.5 Å². The molecule has 1 aromatic heterocycles. The smallest absolute Gasteiger partial charge is 0.478 e. The number of carboxylic acids is 1. The largest absolute Gasteiger partial charge is 0.573 e. The van der Waals surface area contributed by atoms with Gasteiger partial charge in [0, 0.05) is 33.9 Å². The fourth-order valence-corrected chi connectivity index (χ4v) is 4.46. The lowest BCUT2D eigenvalue weighted by atomic mass is 10.1. The van der Waals surface area contributed by atoms with Crippen LogP contribution in [0, 0.1) is 6.92 Å². The van der Waals surface area contributed by atoms with Crippen LogP contribution in [-0.2, 0) is 10.5 Å². The van der Waals surface area contributed by atoms with E-state index in [0.29, 0.717) is 28.8 Å². The van der Waals surface area contributed by atoms with Crippen LogP contribution >= 0.6 is 11.8 Å². The van der Waals surface area contributed by atoms with E-state index in [1.165, 1.54) is 38.1 Å². The van der Waals surface area contributed by atoms with Crippen LogP contribution in [0.25, 0.3) is 11.4 Å². The highest BCUT2D eigenvalue weighted by molar-refractivity contribution is 7.98. The van der Waals surface area contributed by atoms with Crippen LogP contribution in [0.3, 0.4) is 0 Å². The summed E-state index contributed by atoms with van der Waals surface area (Å²) in [5.41, 5.74) is 2.09. The van der Waals surface area contributed by atoms with Crippen molar-refractivity contribution in [2.45, 2.75) is 62.1 Å². The van der Waals surface area contributed by atoms with Gasteiger partial charge in [-0.05, 0) is 81.6 Å². The second-order valence-corrected chi connectivity index (χ2v) is 10.1. The summed E-state index contributed by atoms with van der Waals surface area (Å²) in [5.74, 6) is 0.644. The van der Waals surface area contributed by atoms with Crippen molar-refractivity contribution < 1.29 is 32.5 Å². The number of alkyl halides is 3. The van der Waals surface area contributed by atoms with E-state index in [0.717, 1.165) is 34.6 Å². The molecule has 4 rings (SSSR count). The molecule has 0 unspecified atom stereocenters. The monoisotopic (exact) mass is 518 g/mol. The molecule has 1 N–H and O–H groups in total. The number of thioether (sulfide) groups is 1. The second kappa shape index (κ2) is 10.0. The summed E-state index contributed by atoms with van der Waals surface area (Å²) < 4.78 is 46.8. The quantitative estimate of drug-likeness (QED) is 0.313. The normalized spacial score (nSPS) is 13.9. The Labute approximate surface area is 210 Å². The highest BCUT2D eigenvalue weighted by atomic mass is 32.2. The number of hydrogen-bond donors (Lipinski definition) is 1. The standard InChI is InChI=1S/C26H25F3N2O4S/c1-15-12-20(10-11-21(15)35-25(2,3)24(32)33)36-14-18-13-30-23(31-22(18)16-4-5-16)17-6-8-19(9-7-17)34-26(27,28)29/h6-13,16H,4-5,14H2,1-3H3,(H,32,33). The number of hydrogen-bond acceptors (Lipinski definition) is 6. The summed E-state index contributed by atoms with van der Waals surface area (Å²) in [6.07, 6.45) is -0.881. The van der Waals surface area contributed by atoms with Gasteiger partial charge in [0.15, 0.2) is 11.4 Å². The third-order valence-electron chi connectivity index (χ3n) is 5.63. The van der Waals surface area contributed by atoms with Gasteiger partial charge < -0.3 is 14.6 Å². The predicted molar refractivity (Wildman–Crippen MR) is 129 cm³/mol. The third-order valence-corrected chi connectivity index (χ3v) is 6.67. The van der Waals surface area contributed by atoms with Crippen molar-refractivity contribution in [3.63, 3.8) is 0 Å². The zero-order chi connectivity index (χ0) is 26.1. The van der Waals surface area contributed by atoms with Crippen LogP contribution in [0.2, 0.25) is 0 Å². The van der Waals surface area contributed by atoms with Gasteiger partial charge in [0.25, 0.3) is 0 Å². The van der Waals surface area contributed by atoms with Crippen LogP contribution in [0.15, 0.2) is 53.6 Å². The van der Waals surface area contributed by atoms with Gasteiger partial charge in [-0.15, -0.1) is 24.9 Å². The number of aryl methyl sites for hydroxylation is 1. The van der Waals surface area contributed by atoms with Crippen molar-refractivity contribution in [2.75, 3.05) is 0 Å². The Morgan fingerprint density at radius 3 is 2.39 bits per heavy atom. The average molecular weight is 519 g/mol. The van der Waals surface area contributed by atoms with E-state index in [4.69, 9.17) is 9.72 Å². The van der Waals surface area contributed by atoms with Crippen LogP contribution in [0.1, 0.15) is 49.4 Å². The second-order valence-electron chi connectivity index (χ2n) is 9.08. The average Bonchev–Trinajstić information content (AvgIpc) is 3.64. The van der Waals surface area contributed by atoms with Gasteiger partial charge in [0.1, 0.15) is 11.5 Å². The van der Waals surface area contributed by atoms with Crippen LogP contribution in [-0.4, -0.2) is 33.0 Å². The van der Waals surface area contributed by atoms with E-state index in [9.17, 15) is 23.1 Å². The maximum atomic E-state index is 12.4. The minimum absolute atomic E-state index is 0.292. The van der Waals surface area contributed by atoms with E-state index >= 15 is 0 Å². The first-order chi connectivity index (χ1) is 16.9. The lowest BCUT2D eigenvalue weighted by Crippen LogP contribution is -2.38. The molecule has 0 spiro atoms. The van der Waals surface area contributed by atoms with Crippen LogP contribution < -0.4 is 9.47 Å². The van der Waals surface area contributed by atoms with Crippen molar-refractivity contribution in [3.8, 4) is 22.9 Å². The Bertz CT molecular complexity index is 1260. The zero-order valence-electron chi connectivity index (χ0n) is 19.9. The van der Waals surface area contributed by atoms with E-state index in [2.05, 4.69) is 9.72 Å². The minimum atomic E-state index is -4.74. The molecule has 6 nitrogen and oxygen atoms in total. The summed E-state index contributed by atoms with van der Waals surface area (Å²) in [7, 11) is 0. The topological polar surface area (TPSA) is 81.5 Å². The molecular weight excluding hydrogens is 493 g/mol. The number of aromatic nitrogens is 2. The van der Waals surface area contributed by atoms with Crippen LogP contribution in [0.4, 0.5) is 13.2 Å². The van der Waals surface area contributed by atoms with Gasteiger partial charge in [-0.3, -0.25) is 0 Å². The summed E-state index contributed by atoms with van der Waals surface area (Å²) in [4.78, 5) is 21.6. The highest BCUT2D eigenvalue weighted by Crippen LogP contribution is 2.42. The number of ether oxygens (including phenoxy) is 2. The summed E-state index contributed by atoms with van der Waals surface area (Å²) in [6, 6.07) is 11.1. The molecule has 1 aliphatic carbocycles. The Kier molecular flexibility index (Phi) is 7.17.